The number of amides is 2. The molecule has 0 radical (unpaired) electrons. The van der Waals surface area contributed by atoms with Crippen LogP contribution in [0.25, 0.3) is 0 Å². The predicted molar refractivity (Wildman–Crippen MR) is 102 cm³/mol. The SMILES string of the molecule is CN(C)C(CNC(=O)Nc1ccc(N2CCCCC2)nc1)c1ccco1. The summed E-state index contributed by atoms with van der Waals surface area (Å²) in [7, 11) is 3.91. The van der Waals surface area contributed by atoms with Gasteiger partial charge < -0.3 is 20.0 Å². The zero-order chi connectivity index (χ0) is 18.4. The average molecular weight is 357 g/mol. The molecule has 2 aromatic heterocycles. The van der Waals surface area contributed by atoms with Gasteiger partial charge in [-0.05, 0) is 57.6 Å². The van der Waals surface area contributed by atoms with Gasteiger partial charge in [-0.3, -0.25) is 4.90 Å². The van der Waals surface area contributed by atoms with Gasteiger partial charge in [-0.15, -0.1) is 0 Å². The second-order valence-electron chi connectivity index (χ2n) is 6.78. The highest BCUT2D eigenvalue weighted by molar-refractivity contribution is 5.89. The number of pyridine rings is 1. The molecule has 1 atom stereocenters. The Balaban J connectivity index is 1.51. The van der Waals surface area contributed by atoms with Gasteiger partial charge in [-0.2, -0.15) is 0 Å². The van der Waals surface area contributed by atoms with E-state index < -0.39 is 0 Å². The van der Waals surface area contributed by atoms with Crippen molar-refractivity contribution < 1.29 is 9.21 Å². The molecule has 0 saturated carbocycles. The molecule has 3 rings (SSSR count). The predicted octanol–water partition coefficient (Wildman–Crippen LogP) is 3.09. The van der Waals surface area contributed by atoms with E-state index in [2.05, 4.69) is 20.5 Å². The third kappa shape index (κ3) is 4.76. The van der Waals surface area contributed by atoms with E-state index in [1.807, 2.05) is 43.3 Å². The highest BCUT2D eigenvalue weighted by atomic mass is 16.3. The summed E-state index contributed by atoms with van der Waals surface area (Å²) in [5.41, 5.74) is 0.683. The summed E-state index contributed by atoms with van der Waals surface area (Å²) in [6, 6.07) is 7.35. The Bertz CT molecular complexity index is 678. The van der Waals surface area contributed by atoms with Crippen molar-refractivity contribution in [3.63, 3.8) is 0 Å². The van der Waals surface area contributed by atoms with E-state index in [4.69, 9.17) is 4.42 Å². The minimum absolute atomic E-state index is 0.0182. The zero-order valence-corrected chi connectivity index (χ0v) is 15.4. The Morgan fingerprint density at radius 3 is 2.69 bits per heavy atom. The smallest absolute Gasteiger partial charge is 0.319 e. The first-order valence-corrected chi connectivity index (χ1v) is 9.09. The van der Waals surface area contributed by atoms with Crippen LogP contribution in [-0.2, 0) is 0 Å². The van der Waals surface area contributed by atoms with Crippen molar-refractivity contribution in [2.75, 3.05) is 43.9 Å². The quantitative estimate of drug-likeness (QED) is 0.831. The van der Waals surface area contributed by atoms with Crippen molar-refractivity contribution in [3.05, 3.63) is 42.5 Å². The average Bonchev–Trinajstić information content (AvgIpc) is 3.17. The Morgan fingerprint density at radius 2 is 2.08 bits per heavy atom. The minimum Gasteiger partial charge on any atom is -0.468 e. The van der Waals surface area contributed by atoms with Crippen LogP contribution in [0.1, 0.15) is 31.1 Å². The molecule has 1 unspecified atom stereocenters. The van der Waals surface area contributed by atoms with Gasteiger partial charge in [-0.25, -0.2) is 9.78 Å². The lowest BCUT2D eigenvalue weighted by atomic mass is 10.1. The van der Waals surface area contributed by atoms with Crippen LogP contribution in [0.2, 0.25) is 0 Å². The number of urea groups is 1. The number of nitrogens with zero attached hydrogens (tertiary/aromatic N) is 3. The minimum atomic E-state index is -0.254. The fourth-order valence-electron chi connectivity index (χ4n) is 3.15. The number of aromatic nitrogens is 1. The second-order valence-corrected chi connectivity index (χ2v) is 6.78. The van der Waals surface area contributed by atoms with Crippen LogP contribution < -0.4 is 15.5 Å². The van der Waals surface area contributed by atoms with E-state index in [1.54, 1.807) is 12.5 Å². The fourth-order valence-corrected chi connectivity index (χ4v) is 3.15. The molecule has 3 heterocycles. The molecule has 0 aromatic carbocycles. The van der Waals surface area contributed by atoms with E-state index in [-0.39, 0.29) is 12.1 Å². The molecule has 26 heavy (non-hydrogen) atoms. The number of carbonyl (C=O) groups excluding carboxylic acids is 1. The Morgan fingerprint density at radius 1 is 1.27 bits per heavy atom. The van der Waals surface area contributed by atoms with Crippen LogP contribution in [0.15, 0.2) is 41.1 Å². The Labute approximate surface area is 154 Å². The lowest BCUT2D eigenvalue weighted by Gasteiger charge is -2.27. The molecule has 7 heteroatoms. The molecule has 1 aliphatic heterocycles. The number of piperidine rings is 1. The van der Waals surface area contributed by atoms with Crippen molar-refractivity contribution in [2.45, 2.75) is 25.3 Å². The van der Waals surface area contributed by atoms with Crippen LogP contribution in [0.3, 0.4) is 0 Å². The van der Waals surface area contributed by atoms with Crippen molar-refractivity contribution >= 4 is 17.5 Å². The van der Waals surface area contributed by atoms with Gasteiger partial charge in [0.25, 0.3) is 0 Å². The molecule has 140 valence electrons. The Hall–Kier alpha value is -2.54. The lowest BCUT2D eigenvalue weighted by Crippen LogP contribution is -2.36. The summed E-state index contributed by atoms with van der Waals surface area (Å²) in [4.78, 5) is 21.0. The van der Waals surface area contributed by atoms with Gasteiger partial charge in [0.15, 0.2) is 0 Å². The molecule has 1 aliphatic rings. The first kappa shape index (κ1) is 18.3. The van der Waals surface area contributed by atoms with Crippen LogP contribution in [0.4, 0.5) is 16.3 Å². The molecule has 0 spiro atoms. The van der Waals surface area contributed by atoms with Crippen LogP contribution in [0.5, 0.6) is 0 Å². The van der Waals surface area contributed by atoms with Crippen molar-refractivity contribution in [1.82, 2.24) is 15.2 Å². The number of rotatable bonds is 6. The van der Waals surface area contributed by atoms with Gasteiger partial charge in [0.2, 0.25) is 0 Å². The van der Waals surface area contributed by atoms with Crippen LogP contribution in [-0.4, -0.2) is 49.6 Å². The van der Waals surface area contributed by atoms with E-state index in [0.29, 0.717) is 12.2 Å². The molecule has 7 nitrogen and oxygen atoms in total. The third-order valence-electron chi connectivity index (χ3n) is 4.64. The number of hydrogen-bond acceptors (Lipinski definition) is 5. The van der Waals surface area contributed by atoms with Gasteiger partial charge in [0.05, 0.1) is 24.2 Å². The Kier molecular flexibility index (Phi) is 6.12. The summed E-state index contributed by atoms with van der Waals surface area (Å²) in [6.45, 7) is 2.56. The molecule has 1 saturated heterocycles. The van der Waals surface area contributed by atoms with Crippen LogP contribution in [0, 0.1) is 0 Å². The molecule has 2 amide bonds. The summed E-state index contributed by atoms with van der Waals surface area (Å²) >= 11 is 0. The molecule has 0 aliphatic carbocycles. The maximum Gasteiger partial charge on any atom is 0.319 e. The molecule has 0 bridgehead atoms. The largest absolute Gasteiger partial charge is 0.468 e. The maximum absolute atomic E-state index is 12.2. The van der Waals surface area contributed by atoms with E-state index in [0.717, 1.165) is 24.7 Å². The summed E-state index contributed by atoms with van der Waals surface area (Å²) in [6.07, 6.45) is 7.07. The number of nitrogens with one attached hydrogen (secondary N) is 2. The number of carbonyl (C=O) groups is 1. The number of likely N-dealkylation sites (N-methyl/N-ethyl adjacent to an activating group) is 1. The topological polar surface area (TPSA) is 73.6 Å². The standard InChI is InChI=1S/C19H27N5O2/c1-23(2)16(17-7-6-12-26-17)14-21-19(25)22-15-8-9-18(20-13-15)24-10-4-3-5-11-24/h6-9,12-13,16H,3-5,10-11,14H2,1-2H3,(H2,21,22,25). The maximum atomic E-state index is 12.2. The monoisotopic (exact) mass is 357 g/mol. The summed E-state index contributed by atoms with van der Waals surface area (Å²) in [5, 5.41) is 5.72. The third-order valence-corrected chi connectivity index (χ3v) is 4.64. The fraction of sp³-hybridized carbons (Fsp3) is 0.474. The molecule has 2 N–H and O–H groups in total. The van der Waals surface area contributed by atoms with E-state index in [9.17, 15) is 4.79 Å². The van der Waals surface area contributed by atoms with Crippen molar-refractivity contribution in [1.29, 1.82) is 0 Å². The molecule has 2 aromatic rings. The molecular formula is C19H27N5O2. The lowest BCUT2D eigenvalue weighted by molar-refractivity contribution is 0.233. The van der Waals surface area contributed by atoms with Crippen LogP contribution >= 0.6 is 0 Å². The zero-order valence-electron chi connectivity index (χ0n) is 15.4. The summed E-state index contributed by atoms with van der Waals surface area (Å²) in [5.74, 6) is 1.80. The van der Waals surface area contributed by atoms with Crippen molar-refractivity contribution in [2.24, 2.45) is 0 Å². The van der Waals surface area contributed by atoms with Gasteiger partial charge >= 0.3 is 6.03 Å². The van der Waals surface area contributed by atoms with Gasteiger partial charge in [0.1, 0.15) is 11.6 Å². The van der Waals surface area contributed by atoms with Gasteiger partial charge in [-0.1, -0.05) is 0 Å². The molecular weight excluding hydrogens is 330 g/mol. The van der Waals surface area contributed by atoms with E-state index in [1.165, 1.54) is 19.3 Å². The number of anilines is 2. The first-order chi connectivity index (χ1) is 12.6. The van der Waals surface area contributed by atoms with Crippen molar-refractivity contribution in [3.8, 4) is 0 Å². The normalized spacial score (nSPS) is 15.7. The second kappa shape index (κ2) is 8.71. The highest BCUT2D eigenvalue weighted by Gasteiger charge is 2.18. The van der Waals surface area contributed by atoms with Gasteiger partial charge in [0, 0.05) is 19.6 Å². The highest BCUT2D eigenvalue weighted by Crippen LogP contribution is 2.19. The molecule has 1 fully saturated rings. The summed E-state index contributed by atoms with van der Waals surface area (Å²) < 4.78 is 5.45. The number of furan rings is 1. The number of hydrogen-bond donors (Lipinski definition) is 2. The first-order valence-electron chi connectivity index (χ1n) is 9.09. The van der Waals surface area contributed by atoms with E-state index >= 15 is 0 Å².